The van der Waals surface area contributed by atoms with Gasteiger partial charge in [0.2, 0.25) is 0 Å². The zero-order chi connectivity index (χ0) is 75.8. The van der Waals surface area contributed by atoms with Crippen LogP contribution in [-0.4, -0.2) is 96.7 Å². The van der Waals surface area contributed by atoms with Crippen molar-refractivity contribution in [3.05, 3.63) is 0 Å². The van der Waals surface area contributed by atoms with Gasteiger partial charge in [-0.1, -0.05) is 389 Å². The van der Waals surface area contributed by atoms with Gasteiger partial charge in [-0.3, -0.25) is 37.3 Å². The SMILES string of the molecule is CCCCCCCCCCCCCCC(=O)OC[C@H](COP(=O)(O)OC[C@H](O)COP(=O)(O)OC[C@@H](COC(=O)CCCCCCCCCCCCCCCCCCC(C)C)OC(=O)CCCCCCCCCCCCCCCCCCC(C)C)OC(=O)CCCCCCCCCCCCC(C)C. The molecule has 612 valence electrons. The molecule has 0 fully saturated rings. The van der Waals surface area contributed by atoms with Crippen molar-refractivity contribution in [3.63, 3.8) is 0 Å². The van der Waals surface area contributed by atoms with Crippen LogP contribution in [0.2, 0.25) is 0 Å². The lowest BCUT2D eigenvalue weighted by Gasteiger charge is -2.21. The summed E-state index contributed by atoms with van der Waals surface area (Å²) in [5.41, 5.74) is 0. The number of unbranched alkanes of at least 4 members (excludes halogenated alkanes) is 50. The van der Waals surface area contributed by atoms with Gasteiger partial charge < -0.3 is 33.8 Å². The summed E-state index contributed by atoms with van der Waals surface area (Å²) in [6.07, 6.45) is 63.8. The lowest BCUT2D eigenvalue weighted by atomic mass is 10.0. The van der Waals surface area contributed by atoms with Crippen LogP contribution in [0.15, 0.2) is 0 Å². The third-order valence-corrected chi connectivity index (χ3v) is 21.5. The Hall–Kier alpha value is -1.94. The summed E-state index contributed by atoms with van der Waals surface area (Å²) in [6.45, 7) is 12.0. The van der Waals surface area contributed by atoms with E-state index in [1.807, 2.05) is 0 Å². The van der Waals surface area contributed by atoms with Crippen LogP contribution in [0.25, 0.3) is 0 Å². The van der Waals surface area contributed by atoms with Crippen molar-refractivity contribution in [3.8, 4) is 0 Å². The minimum atomic E-state index is -4.97. The molecule has 3 N–H and O–H groups in total. The highest BCUT2D eigenvalue weighted by molar-refractivity contribution is 7.47. The van der Waals surface area contributed by atoms with E-state index in [0.29, 0.717) is 25.7 Å². The quantitative estimate of drug-likeness (QED) is 0.0222. The van der Waals surface area contributed by atoms with Crippen molar-refractivity contribution in [2.75, 3.05) is 39.6 Å². The molecule has 5 atom stereocenters. The molecule has 0 heterocycles. The first-order chi connectivity index (χ1) is 49.7. The smallest absolute Gasteiger partial charge is 0.462 e. The molecular formula is C84H164O17P2. The predicted molar refractivity (Wildman–Crippen MR) is 423 cm³/mol. The van der Waals surface area contributed by atoms with E-state index >= 15 is 0 Å². The van der Waals surface area contributed by atoms with Crippen molar-refractivity contribution < 1.29 is 80.2 Å². The summed E-state index contributed by atoms with van der Waals surface area (Å²) in [7, 11) is -9.93. The fraction of sp³-hybridized carbons (Fsp3) is 0.952. The van der Waals surface area contributed by atoms with E-state index < -0.39 is 97.5 Å². The van der Waals surface area contributed by atoms with Crippen LogP contribution in [0.5, 0.6) is 0 Å². The lowest BCUT2D eigenvalue weighted by Crippen LogP contribution is -2.30. The Morgan fingerprint density at radius 3 is 0.660 bits per heavy atom. The highest BCUT2D eigenvalue weighted by Gasteiger charge is 2.30. The molecule has 103 heavy (non-hydrogen) atoms. The second-order valence-electron chi connectivity index (χ2n) is 31.6. The van der Waals surface area contributed by atoms with Crippen LogP contribution in [-0.2, 0) is 65.4 Å². The Kier molecular flexibility index (Phi) is 72.8. The molecule has 0 amide bonds. The van der Waals surface area contributed by atoms with E-state index in [4.69, 9.17) is 37.0 Å². The van der Waals surface area contributed by atoms with E-state index in [9.17, 15) is 43.2 Å². The molecule has 0 rings (SSSR count). The zero-order valence-corrected chi connectivity index (χ0v) is 69.6. The normalized spacial score (nSPS) is 13.9. The Morgan fingerprint density at radius 1 is 0.262 bits per heavy atom. The Morgan fingerprint density at radius 2 is 0.447 bits per heavy atom. The molecule has 0 aromatic heterocycles. The van der Waals surface area contributed by atoms with Gasteiger partial charge in [0.25, 0.3) is 0 Å². The molecule has 0 aromatic carbocycles. The molecule has 2 unspecified atom stereocenters. The fourth-order valence-corrected chi connectivity index (χ4v) is 14.6. The molecule has 0 aliphatic rings. The van der Waals surface area contributed by atoms with Gasteiger partial charge in [0.1, 0.15) is 19.3 Å². The van der Waals surface area contributed by atoms with Gasteiger partial charge in [0.15, 0.2) is 12.2 Å². The molecule has 0 aliphatic carbocycles. The number of esters is 4. The molecule has 0 aliphatic heterocycles. The monoisotopic (exact) mass is 1510 g/mol. The second-order valence-corrected chi connectivity index (χ2v) is 34.6. The van der Waals surface area contributed by atoms with E-state index in [1.54, 1.807) is 0 Å². The molecular weight excluding hydrogens is 1340 g/mol. The van der Waals surface area contributed by atoms with Gasteiger partial charge in [-0.2, -0.15) is 0 Å². The van der Waals surface area contributed by atoms with Crippen molar-refractivity contribution in [1.82, 2.24) is 0 Å². The number of ether oxygens (including phenoxy) is 4. The first-order valence-corrected chi connectivity index (χ1v) is 46.3. The van der Waals surface area contributed by atoms with Crippen LogP contribution < -0.4 is 0 Å². The van der Waals surface area contributed by atoms with Crippen molar-refractivity contribution in [1.29, 1.82) is 0 Å². The third-order valence-electron chi connectivity index (χ3n) is 19.6. The number of rotatable bonds is 82. The average Bonchev–Trinajstić information content (AvgIpc) is 1.01. The van der Waals surface area contributed by atoms with Gasteiger partial charge in [-0.15, -0.1) is 0 Å². The van der Waals surface area contributed by atoms with Crippen molar-refractivity contribution in [2.45, 2.75) is 458 Å². The summed E-state index contributed by atoms with van der Waals surface area (Å²) in [4.78, 5) is 73.2. The Labute approximate surface area is 632 Å². The predicted octanol–water partition coefficient (Wildman–Crippen LogP) is 25.3. The summed E-state index contributed by atoms with van der Waals surface area (Å²) in [5.74, 6) is 0.268. The second kappa shape index (κ2) is 74.2. The maximum Gasteiger partial charge on any atom is 0.472 e. The van der Waals surface area contributed by atoms with Crippen LogP contribution in [0.1, 0.15) is 440 Å². The van der Waals surface area contributed by atoms with Crippen molar-refractivity contribution in [2.24, 2.45) is 17.8 Å². The minimum Gasteiger partial charge on any atom is -0.462 e. The van der Waals surface area contributed by atoms with E-state index in [0.717, 1.165) is 108 Å². The Balaban J connectivity index is 5.25. The summed E-state index contributed by atoms with van der Waals surface area (Å²) in [6, 6.07) is 0. The topological polar surface area (TPSA) is 237 Å². The van der Waals surface area contributed by atoms with Crippen LogP contribution in [0, 0.1) is 17.8 Å². The van der Waals surface area contributed by atoms with Crippen LogP contribution in [0.4, 0.5) is 0 Å². The number of aliphatic hydroxyl groups excluding tert-OH is 1. The highest BCUT2D eigenvalue weighted by atomic mass is 31.2. The van der Waals surface area contributed by atoms with Gasteiger partial charge in [0, 0.05) is 25.7 Å². The number of carbonyl (C=O) groups excluding carboxylic acids is 4. The fourth-order valence-electron chi connectivity index (χ4n) is 13.0. The summed E-state index contributed by atoms with van der Waals surface area (Å²) in [5, 5.41) is 10.7. The molecule has 0 radical (unpaired) electrons. The number of phosphoric acid groups is 2. The summed E-state index contributed by atoms with van der Waals surface area (Å²) >= 11 is 0. The first-order valence-electron chi connectivity index (χ1n) is 43.3. The van der Waals surface area contributed by atoms with Crippen LogP contribution >= 0.6 is 15.6 Å². The van der Waals surface area contributed by atoms with Gasteiger partial charge in [-0.25, -0.2) is 9.13 Å². The summed E-state index contributed by atoms with van der Waals surface area (Å²) < 4.78 is 68.8. The third kappa shape index (κ3) is 78.0. The molecule has 0 bridgehead atoms. The molecule has 19 heteroatoms. The first kappa shape index (κ1) is 101. The maximum atomic E-state index is 13.1. The van der Waals surface area contributed by atoms with Gasteiger partial charge in [-0.05, 0) is 43.4 Å². The number of aliphatic hydroxyl groups is 1. The minimum absolute atomic E-state index is 0.106. The zero-order valence-electron chi connectivity index (χ0n) is 67.8. The largest absolute Gasteiger partial charge is 0.472 e. The standard InChI is InChI=1S/C84H164O17P2/c1-8-9-10-11-12-13-14-29-37-44-51-58-65-81(86)94-72-80(101-84(89)68-61-54-47-40-33-32-36-43-50-57-64-77(6)7)74-99-103(92,93)97-70-78(85)69-96-102(90,91)98-73-79(100-83(88)67-60-53-46-39-31-26-22-18-16-20-24-28-35-42-49-56-63-76(4)5)71-95-82(87)66-59-52-45-38-30-25-21-17-15-19-23-27-34-41-48-55-62-75(2)3/h75-80,85H,8-74H2,1-7H3,(H,90,91)(H,92,93)/t78-,79-,80-/m1/s1. The number of phosphoric ester groups is 2. The molecule has 0 saturated heterocycles. The number of hydrogen-bond acceptors (Lipinski definition) is 15. The number of hydrogen-bond donors (Lipinski definition) is 3. The van der Waals surface area contributed by atoms with Crippen molar-refractivity contribution >= 4 is 39.5 Å². The molecule has 0 aromatic rings. The van der Waals surface area contributed by atoms with E-state index in [2.05, 4.69) is 48.5 Å². The highest BCUT2D eigenvalue weighted by Crippen LogP contribution is 2.45. The van der Waals surface area contributed by atoms with E-state index in [-0.39, 0.29) is 25.7 Å². The molecule has 0 saturated carbocycles. The van der Waals surface area contributed by atoms with E-state index in [1.165, 1.54) is 250 Å². The average molecular weight is 1510 g/mol. The van der Waals surface area contributed by atoms with Gasteiger partial charge >= 0.3 is 39.5 Å². The number of carbonyl (C=O) groups is 4. The van der Waals surface area contributed by atoms with Crippen LogP contribution in [0.3, 0.4) is 0 Å². The maximum absolute atomic E-state index is 13.1. The molecule has 0 spiro atoms. The Bertz CT molecular complexity index is 1990. The molecule has 17 nitrogen and oxygen atoms in total. The van der Waals surface area contributed by atoms with Gasteiger partial charge in [0.05, 0.1) is 26.4 Å². The lowest BCUT2D eigenvalue weighted by molar-refractivity contribution is -0.161.